The fourth-order valence-electron chi connectivity index (χ4n) is 4.00. The monoisotopic (exact) mass is 511 g/mol. The molecule has 0 spiro atoms. The maximum Gasteiger partial charge on any atom is 0.253 e. The SMILES string of the molecule is Cc1ncc(NC(=O)CCl)cc1-c1c(-c2ccnc(N3CCOCC3)c2)sc2c(C(N)=O)cnn12. The standard InChI is InChI=1S/C23H22ClN7O3S/c1-13-16(9-15(11-27-13)29-19(32)10-24)20-21(35-23-17(22(25)33)12-28-31(20)23)14-2-3-26-18(8-14)30-4-6-34-7-5-30/h2-3,8-9,11-12H,4-7,10H2,1H3,(H2,25,33)(H,29,32). The third-order valence-electron chi connectivity index (χ3n) is 5.71. The van der Waals surface area contributed by atoms with Gasteiger partial charge < -0.3 is 20.7 Å². The first kappa shape index (κ1) is 23.2. The average Bonchev–Trinajstić information content (AvgIpc) is 3.45. The van der Waals surface area contributed by atoms with E-state index in [1.54, 1.807) is 16.9 Å². The number of aromatic nitrogens is 4. The van der Waals surface area contributed by atoms with Crippen LogP contribution in [0.2, 0.25) is 0 Å². The first-order valence-corrected chi connectivity index (χ1v) is 12.2. The molecule has 0 aliphatic carbocycles. The average molecular weight is 512 g/mol. The van der Waals surface area contributed by atoms with Crippen LogP contribution in [0.25, 0.3) is 26.5 Å². The number of nitrogens with zero attached hydrogens (tertiary/aromatic N) is 5. The summed E-state index contributed by atoms with van der Waals surface area (Å²) < 4.78 is 7.17. The quantitative estimate of drug-likeness (QED) is 0.381. The van der Waals surface area contributed by atoms with Gasteiger partial charge in [0.15, 0.2) is 0 Å². The highest BCUT2D eigenvalue weighted by Gasteiger charge is 2.24. The minimum atomic E-state index is -0.555. The zero-order valence-electron chi connectivity index (χ0n) is 18.8. The van der Waals surface area contributed by atoms with E-state index in [-0.39, 0.29) is 11.8 Å². The molecule has 12 heteroatoms. The summed E-state index contributed by atoms with van der Waals surface area (Å²) in [6, 6.07) is 5.77. The Balaban J connectivity index is 1.70. The van der Waals surface area contributed by atoms with E-state index in [0.717, 1.165) is 46.3 Å². The number of thiazole rings is 1. The Kier molecular flexibility index (Phi) is 6.37. The number of pyridine rings is 2. The van der Waals surface area contributed by atoms with Gasteiger partial charge >= 0.3 is 0 Å². The molecule has 35 heavy (non-hydrogen) atoms. The van der Waals surface area contributed by atoms with Gasteiger partial charge in [-0.3, -0.25) is 14.6 Å². The van der Waals surface area contributed by atoms with E-state index in [0.29, 0.717) is 29.3 Å². The molecule has 4 aromatic rings. The molecule has 10 nitrogen and oxygen atoms in total. The number of carbonyl (C=O) groups is 2. The van der Waals surface area contributed by atoms with Gasteiger partial charge in [-0.2, -0.15) is 5.10 Å². The summed E-state index contributed by atoms with van der Waals surface area (Å²) in [5, 5.41) is 7.21. The molecule has 0 aromatic carbocycles. The number of ether oxygens (including phenoxy) is 1. The van der Waals surface area contributed by atoms with Crippen molar-refractivity contribution in [2.24, 2.45) is 5.73 Å². The molecule has 5 heterocycles. The lowest BCUT2D eigenvalue weighted by atomic mass is 10.1. The molecule has 0 bridgehead atoms. The number of hydrogen-bond acceptors (Lipinski definition) is 8. The van der Waals surface area contributed by atoms with Gasteiger partial charge in [0.25, 0.3) is 5.91 Å². The van der Waals surface area contributed by atoms with E-state index >= 15 is 0 Å². The maximum absolute atomic E-state index is 12.1. The predicted octanol–water partition coefficient (Wildman–Crippen LogP) is 2.94. The van der Waals surface area contributed by atoms with Crippen molar-refractivity contribution in [2.75, 3.05) is 42.4 Å². The molecule has 1 aliphatic heterocycles. The summed E-state index contributed by atoms with van der Waals surface area (Å²) in [4.78, 5) is 36.7. The fourth-order valence-corrected chi connectivity index (χ4v) is 5.28. The van der Waals surface area contributed by atoms with Crippen molar-refractivity contribution >= 4 is 51.1 Å². The molecule has 0 saturated carbocycles. The molecule has 2 amide bonds. The predicted molar refractivity (Wildman–Crippen MR) is 135 cm³/mol. The molecule has 0 unspecified atom stereocenters. The first-order valence-electron chi connectivity index (χ1n) is 10.9. The van der Waals surface area contributed by atoms with Crippen molar-refractivity contribution in [2.45, 2.75) is 6.92 Å². The van der Waals surface area contributed by atoms with Gasteiger partial charge in [0.1, 0.15) is 16.5 Å². The Morgan fingerprint density at radius 2 is 2.03 bits per heavy atom. The topological polar surface area (TPSA) is 128 Å². The number of nitrogens with two attached hydrogens (primary N) is 1. The Morgan fingerprint density at radius 3 is 2.77 bits per heavy atom. The summed E-state index contributed by atoms with van der Waals surface area (Å²) in [7, 11) is 0. The van der Waals surface area contributed by atoms with Crippen LogP contribution in [0.15, 0.2) is 36.8 Å². The van der Waals surface area contributed by atoms with Crippen LogP contribution in [0.4, 0.5) is 11.5 Å². The smallest absolute Gasteiger partial charge is 0.253 e. The molecule has 0 atom stereocenters. The van der Waals surface area contributed by atoms with Crippen LogP contribution in [0.5, 0.6) is 0 Å². The van der Waals surface area contributed by atoms with E-state index in [1.807, 2.05) is 25.1 Å². The van der Waals surface area contributed by atoms with Crippen LogP contribution >= 0.6 is 22.9 Å². The highest BCUT2D eigenvalue weighted by molar-refractivity contribution is 7.21. The largest absolute Gasteiger partial charge is 0.378 e. The number of hydrogen-bond donors (Lipinski definition) is 2. The number of aryl methyl sites for hydroxylation is 1. The van der Waals surface area contributed by atoms with Gasteiger partial charge in [-0.25, -0.2) is 9.50 Å². The van der Waals surface area contributed by atoms with Crippen molar-refractivity contribution in [3.8, 4) is 21.7 Å². The Bertz CT molecular complexity index is 1430. The number of nitrogens with one attached hydrogen (secondary N) is 1. The first-order chi connectivity index (χ1) is 17.0. The zero-order valence-corrected chi connectivity index (χ0v) is 20.4. The molecular weight excluding hydrogens is 490 g/mol. The van der Waals surface area contributed by atoms with E-state index < -0.39 is 5.91 Å². The highest BCUT2D eigenvalue weighted by Crippen LogP contribution is 2.42. The van der Waals surface area contributed by atoms with Gasteiger partial charge in [0, 0.05) is 30.5 Å². The number of fused-ring (bicyclic) bond motifs is 1. The molecule has 1 aliphatic rings. The molecule has 4 aromatic heterocycles. The number of morpholine rings is 1. The fraction of sp³-hybridized carbons (Fsp3) is 0.261. The van der Waals surface area contributed by atoms with Gasteiger partial charge in [-0.05, 0) is 30.7 Å². The number of primary amides is 1. The van der Waals surface area contributed by atoms with Gasteiger partial charge in [0.05, 0.1) is 47.4 Å². The Hall–Kier alpha value is -3.54. The number of halogens is 1. The summed E-state index contributed by atoms with van der Waals surface area (Å²) in [6.45, 7) is 4.69. The summed E-state index contributed by atoms with van der Waals surface area (Å²) in [5.41, 5.74) is 9.60. The van der Waals surface area contributed by atoms with E-state index in [4.69, 9.17) is 22.1 Å². The normalized spacial score (nSPS) is 13.8. The lowest BCUT2D eigenvalue weighted by Gasteiger charge is -2.28. The van der Waals surface area contributed by atoms with Crippen molar-refractivity contribution in [1.82, 2.24) is 19.6 Å². The van der Waals surface area contributed by atoms with Crippen LogP contribution < -0.4 is 16.0 Å². The van der Waals surface area contributed by atoms with Gasteiger partial charge in [-0.15, -0.1) is 22.9 Å². The zero-order chi connectivity index (χ0) is 24.5. The highest BCUT2D eigenvalue weighted by atomic mass is 35.5. The second-order valence-electron chi connectivity index (χ2n) is 7.96. The molecule has 0 radical (unpaired) electrons. The number of carbonyl (C=O) groups excluding carboxylic acids is 2. The second-order valence-corrected chi connectivity index (χ2v) is 9.23. The third-order valence-corrected chi connectivity index (χ3v) is 7.17. The van der Waals surface area contributed by atoms with E-state index in [9.17, 15) is 9.59 Å². The second kappa shape index (κ2) is 9.61. The van der Waals surface area contributed by atoms with E-state index in [1.165, 1.54) is 17.5 Å². The third kappa shape index (κ3) is 4.45. The molecule has 1 saturated heterocycles. The summed E-state index contributed by atoms with van der Waals surface area (Å²) >= 11 is 7.07. The number of rotatable bonds is 6. The lowest BCUT2D eigenvalue weighted by molar-refractivity contribution is -0.113. The van der Waals surface area contributed by atoms with Crippen molar-refractivity contribution in [3.63, 3.8) is 0 Å². The molecule has 180 valence electrons. The van der Waals surface area contributed by atoms with Crippen molar-refractivity contribution in [3.05, 3.63) is 48.0 Å². The lowest BCUT2D eigenvalue weighted by Crippen LogP contribution is -2.36. The Labute approximate surface area is 209 Å². The molecule has 3 N–H and O–H groups in total. The molecule has 5 rings (SSSR count). The van der Waals surface area contributed by atoms with Crippen LogP contribution in [0.3, 0.4) is 0 Å². The number of amides is 2. The number of alkyl halides is 1. The van der Waals surface area contributed by atoms with Crippen LogP contribution in [-0.4, -0.2) is 63.6 Å². The van der Waals surface area contributed by atoms with E-state index in [2.05, 4.69) is 25.3 Å². The summed E-state index contributed by atoms with van der Waals surface area (Å²) in [6.07, 6.45) is 4.81. The van der Waals surface area contributed by atoms with Crippen molar-refractivity contribution < 1.29 is 14.3 Å². The van der Waals surface area contributed by atoms with Gasteiger partial charge in [0.2, 0.25) is 5.91 Å². The number of anilines is 2. The Morgan fingerprint density at radius 1 is 1.23 bits per heavy atom. The van der Waals surface area contributed by atoms with Crippen molar-refractivity contribution in [1.29, 1.82) is 0 Å². The summed E-state index contributed by atoms with van der Waals surface area (Å²) in [5.74, 6) is -0.213. The minimum absolute atomic E-state index is 0.167. The molecular formula is C23H22ClN7O3S. The van der Waals surface area contributed by atoms with Crippen LogP contribution in [0.1, 0.15) is 16.1 Å². The minimum Gasteiger partial charge on any atom is -0.378 e. The van der Waals surface area contributed by atoms with Crippen LogP contribution in [0, 0.1) is 6.92 Å². The van der Waals surface area contributed by atoms with Crippen LogP contribution in [-0.2, 0) is 9.53 Å². The maximum atomic E-state index is 12.1. The molecule has 1 fully saturated rings. The van der Waals surface area contributed by atoms with Gasteiger partial charge in [-0.1, -0.05) is 0 Å².